The van der Waals surface area contributed by atoms with E-state index in [2.05, 4.69) is 26.0 Å². The van der Waals surface area contributed by atoms with Gasteiger partial charge in [0.25, 0.3) is 5.91 Å². The van der Waals surface area contributed by atoms with Gasteiger partial charge in [0.1, 0.15) is 5.75 Å². The summed E-state index contributed by atoms with van der Waals surface area (Å²) in [5.74, 6) is -0.541. The minimum absolute atomic E-state index is 0.0807. The molecule has 0 fully saturated rings. The molecule has 2 rings (SSSR count). The molecule has 0 unspecified atom stereocenters. The summed E-state index contributed by atoms with van der Waals surface area (Å²) in [6, 6.07) is 10.5. The van der Waals surface area contributed by atoms with Crippen molar-refractivity contribution in [1.29, 1.82) is 0 Å². The molecule has 0 aromatic heterocycles. The molecule has 0 aliphatic carbocycles. The Morgan fingerprint density at radius 3 is 2.67 bits per heavy atom. The SMILES string of the molecule is O=C(Nc1cccc(Cl)c1Br)c1cccc(OC(F)F)c1. The second-order valence-corrected chi connectivity index (χ2v) is 5.16. The molecule has 7 heteroatoms. The van der Waals surface area contributed by atoms with E-state index in [0.717, 1.165) is 0 Å². The summed E-state index contributed by atoms with van der Waals surface area (Å²) < 4.78 is 29.1. The highest BCUT2D eigenvalue weighted by atomic mass is 79.9. The van der Waals surface area contributed by atoms with Crippen LogP contribution in [0.1, 0.15) is 10.4 Å². The number of carbonyl (C=O) groups excluding carboxylic acids is 1. The number of carbonyl (C=O) groups is 1. The Balaban J connectivity index is 2.18. The highest BCUT2D eigenvalue weighted by molar-refractivity contribution is 9.10. The first-order chi connectivity index (χ1) is 9.97. The molecule has 2 aromatic carbocycles. The van der Waals surface area contributed by atoms with Crippen molar-refractivity contribution in [1.82, 2.24) is 0 Å². The molecule has 0 spiro atoms. The van der Waals surface area contributed by atoms with Crippen molar-refractivity contribution in [3.63, 3.8) is 0 Å². The maximum atomic E-state index is 12.2. The quantitative estimate of drug-likeness (QED) is 0.819. The van der Waals surface area contributed by atoms with Gasteiger partial charge in [0.05, 0.1) is 15.2 Å². The molecule has 1 amide bonds. The van der Waals surface area contributed by atoms with E-state index in [1.54, 1.807) is 18.2 Å². The van der Waals surface area contributed by atoms with E-state index in [1.807, 2.05) is 0 Å². The second-order valence-electron chi connectivity index (χ2n) is 3.96. The van der Waals surface area contributed by atoms with Crippen LogP contribution < -0.4 is 10.1 Å². The van der Waals surface area contributed by atoms with Crippen molar-refractivity contribution in [3.8, 4) is 5.75 Å². The largest absolute Gasteiger partial charge is 0.435 e. The summed E-state index contributed by atoms with van der Waals surface area (Å²) in [7, 11) is 0. The van der Waals surface area contributed by atoms with Crippen molar-refractivity contribution >= 4 is 39.1 Å². The molecule has 0 bridgehead atoms. The summed E-state index contributed by atoms with van der Waals surface area (Å²) in [4.78, 5) is 12.1. The second kappa shape index (κ2) is 6.87. The van der Waals surface area contributed by atoms with Crippen LogP contribution in [0.3, 0.4) is 0 Å². The minimum Gasteiger partial charge on any atom is -0.435 e. The zero-order valence-electron chi connectivity index (χ0n) is 10.4. The molecule has 2 aromatic rings. The predicted molar refractivity (Wildman–Crippen MR) is 80.2 cm³/mol. The molecule has 1 N–H and O–H groups in total. The first kappa shape index (κ1) is 15.7. The van der Waals surface area contributed by atoms with Crippen molar-refractivity contribution in [2.24, 2.45) is 0 Å². The third-order valence-electron chi connectivity index (χ3n) is 2.52. The third-order valence-corrected chi connectivity index (χ3v) is 3.92. The van der Waals surface area contributed by atoms with Gasteiger partial charge in [-0.3, -0.25) is 4.79 Å². The summed E-state index contributed by atoms with van der Waals surface area (Å²) in [6.07, 6.45) is 0. The van der Waals surface area contributed by atoms with Gasteiger partial charge in [-0.15, -0.1) is 0 Å². The predicted octanol–water partition coefficient (Wildman–Crippen LogP) is 4.96. The smallest absolute Gasteiger partial charge is 0.387 e. The first-order valence-corrected chi connectivity index (χ1v) is 6.94. The Morgan fingerprint density at radius 1 is 1.24 bits per heavy atom. The standard InChI is InChI=1S/C14H9BrClF2NO2/c15-12-10(16)5-2-6-11(12)19-13(20)8-3-1-4-9(7-8)21-14(17)18/h1-7,14H,(H,19,20). The zero-order valence-corrected chi connectivity index (χ0v) is 12.8. The Bertz CT molecular complexity index is 667. The van der Waals surface area contributed by atoms with Gasteiger partial charge in [-0.05, 0) is 46.3 Å². The molecule has 0 aliphatic rings. The lowest BCUT2D eigenvalue weighted by atomic mass is 10.2. The topological polar surface area (TPSA) is 38.3 Å². The number of benzene rings is 2. The van der Waals surface area contributed by atoms with Gasteiger partial charge in [-0.25, -0.2) is 0 Å². The average molecular weight is 377 g/mol. The van der Waals surface area contributed by atoms with E-state index < -0.39 is 12.5 Å². The Morgan fingerprint density at radius 2 is 1.95 bits per heavy atom. The maximum Gasteiger partial charge on any atom is 0.387 e. The molecule has 0 aliphatic heterocycles. The highest BCUT2D eigenvalue weighted by Gasteiger charge is 2.12. The fourth-order valence-electron chi connectivity index (χ4n) is 1.61. The van der Waals surface area contributed by atoms with Crippen LogP contribution in [0.15, 0.2) is 46.9 Å². The van der Waals surface area contributed by atoms with Gasteiger partial charge in [-0.1, -0.05) is 23.7 Å². The first-order valence-electron chi connectivity index (χ1n) is 5.77. The van der Waals surface area contributed by atoms with Crippen molar-refractivity contribution < 1.29 is 18.3 Å². The molecule has 110 valence electrons. The Labute approximate surface area is 133 Å². The molecule has 21 heavy (non-hydrogen) atoms. The van der Waals surface area contributed by atoms with Gasteiger partial charge in [0.15, 0.2) is 0 Å². The van der Waals surface area contributed by atoms with Crippen molar-refractivity contribution in [2.75, 3.05) is 5.32 Å². The fourth-order valence-corrected chi connectivity index (χ4v) is 2.15. The molecule has 0 heterocycles. The Hall–Kier alpha value is -1.66. The molecular formula is C14H9BrClF2NO2. The van der Waals surface area contributed by atoms with Gasteiger partial charge < -0.3 is 10.1 Å². The highest BCUT2D eigenvalue weighted by Crippen LogP contribution is 2.30. The summed E-state index contributed by atoms with van der Waals surface area (Å²) >= 11 is 9.18. The number of hydrogen-bond donors (Lipinski definition) is 1. The van der Waals surface area contributed by atoms with E-state index in [1.165, 1.54) is 24.3 Å². The number of nitrogens with one attached hydrogen (secondary N) is 1. The van der Waals surface area contributed by atoms with Crippen LogP contribution in [-0.4, -0.2) is 12.5 Å². The number of ether oxygens (including phenoxy) is 1. The summed E-state index contributed by atoms with van der Waals surface area (Å²) in [5.41, 5.74) is 0.674. The van der Waals surface area contributed by atoms with Crippen molar-refractivity contribution in [2.45, 2.75) is 6.61 Å². The number of rotatable bonds is 4. The van der Waals surface area contributed by atoms with Gasteiger partial charge >= 0.3 is 6.61 Å². The van der Waals surface area contributed by atoms with E-state index in [0.29, 0.717) is 15.2 Å². The zero-order chi connectivity index (χ0) is 15.4. The maximum absolute atomic E-state index is 12.2. The van der Waals surface area contributed by atoms with Crippen LogP contribution in [0.5, 0.6) is 5.75 Å². The summed E-state index contributed by atoms with van der Waals surface area (Å²) in [6.45, 7) is -2.94. The lowest BCUT2D eigenvalue weighted by Gasteiger charge is -2.10. The summed E-state index contributed by atoms with van der Waals surface area (Å²) in [5, 5.41) is 3.08. The molecule has 0 saturated heterocycles. The van der Waals surface area contributed by atoms with Crippen LogP contribution in [0.2, 0.25) is 5.02 Å². The van der Waals surface area contributed by atoms with E-state index >= 15 is 0 Å². The molecule has 0 radical (unpaired) electrons. The average Bonchev–Trinajstić information content (AvgIpc) is 2.43. The van der Waals surface area contributed by atoms with Crippen LogP contribution >= 0.6 is 27.5 Å². The minimum atomic E-state index is -2.94. The number of hydrogen-bond acceptors (Lipinski definition) is 2. The molecular weight excluding hydrogens is 368 g/mol. The third kappa shape index (κ3) is 4.15. The van der Waals surface area contributed by atoms with Gasteiger partial charge in [-0.2, -0.15) is 8.78 Å². The van der Waals surface area contributed by atoms with Crippen LogP contribution in [0.4, 0.5) is 14.5 Å². The number of halogens is 4. The number of alkyl halides is 2. The monoisotopic (exact) mass is 375 g/mol. The molecule has 0 saturated carbocycles. The number of amides is 1. The van der Waals surface area contributed by atoms with Gasteiger partial charge in [0, 0.05) is 5.56 Å². The van der Waals surface area contributed by atoms with Crippen LogP contribution in [0.25, 0.3) is 0 Å². The van der Waals surface area contributed by atoms with Crippen LogP contribution in [-0.2, 0) is 0 Å². The van der Waals surface area contributed by atoms with E-state index in [4.69, 9.17) is 11.6 Å². The van der Waals surface area contributed by atoms with Crippen molar-refractivity contribution in [3.05, 3.63) is 57.5 Å². The molecule has 3 nitrogen and oxygen atoms in total. The van der Waals surface area contributed by atoms with E-state index in [9.17, 15) is 13.6 Å². The van der Waals surface area contributed by atoms with Gasteiger partial charge in [0.2, 0.25) is 0 Å². The number of anilines is 1. The molecule has 0 atom stereocenters. The lowest BCUT2D eigenvalue weighted by Crippen LogP contribution is -2.12. The van der Waals surface area contributed by atoms with E-state index in [-0.39, 0.29) is 11.3 Å². The lowest BCUT2D eigenvalue weighted by molar-refractivity contribution is -0.0498. The normalized spacial score (nSPS) is 10.5. The Kier molecular flexibility index (Phi) is 5.14. The van der Waals surface area contributed by atoms with Crippen LogP contribution in [0, 0.1) is 0 Å². The fraction of sp³-hybridized carbons (Fsp3) is 0.0714.